The van der Waals surface area contributed by atoms with Gasteiger partial charge >= 0.3 is 0 Å². The zero-order chi connectivity index (χ0) is 14.0. The predicted octanol–water partition coefficient (Wildman–Crippen LogP) is 2.26. The number of nitrogen functional groups attached to an aromatic ring is 1. The van der Waals surface area contributed by atoms with Crippen molar-refractivity contribution in [1.82, 2.24) is 0 Å². The molecule has 2 unspecified atom stereocenters. The third-order valence-corrected chi connectivity index (χ3v) is 3.58. The average Bonchev–Trinajstić information content (AvgIpc) is 2.35. The minimum absolute atomic E-state index is 0.111. The highest BCUT2D eigenvalue weighted by atomic mass is 16.5. The van der Waals surface area contributed by atoms with E-state index in [1.807, 2.05) is 32.0 Å². The Kier molecular flexibility index (Phi) is 4.20. The van der Waals surface area contributed by atoms with Crippen molar-refractivity contribution in [2.75, 3.05) is 23.7 Å². The maximum atomic E-state index is 9.79. The minimum Gasteiger partial charge on any atom is -0.489 e. The number of hydrogen-bond acceptors (Lipinski definition) is 4. The van der Waals surface area contributed by atoms with Gasteiger partial charge in [-0.25, -0.2) is 0 Å². The molecule has 19 heavy (non-hydrogen) atoms. The number of hydrogen-bond donors (Lipinski definition) is 2. The molecule has 1 saturated heterocycles. The second-order valence-corrected chi connectivity index (χ2v) is 5.67. The molecule has 0 spiro atoms. The van der Waals surface area contributed by atoms with Crippen molar-refractivity contribution in [1.29, 1.82) is 0 Å². The molecule has 0 aliphatic carbocycles. The van der Waals surface area contributed by atoms with Gasteiger partial charge < -0.3 is 20.5 Å². The number of nitrogens with two attached hydrogens (primary N) is 1. The lowest BCUT2D eigenvalue weighted by molar-refractivity contribution is 0.0971. The monoisotopic (exact) mass is 264 g/mol. The molecule has 106 valence electrons. The van der Waals surface area contributed by atoms with E-state index in [2.05, 4.69) is 11.8 Å². The Morgan fingerprint density at radius 2 is 2.16 bits per heavy atom. The fraction of sp³-hybridized carbons (Fsp3) is 0.600. The predicted molar refractivity (Wildman–Crippen MR) is 78.6 cm³/mol. The Morgan fingerprint density at radius 3 is 2.79 bits per heavy atom. The zero-order valence-corrected chi connectivity index (χ0v) is 12.0. The van der Waals surface area contributed by atoms with Crippen molar-refractivity contribution < 1.29 is 9.84 Å². The number of aliphatic hydroxyl groups is 1. The molecule has 2 atom stereocenters. The van der Waals surface area contributed by atoms with E-state index in [4.69, 9.17) is 10.5 Å². The van der Waals surface area contributed by atoms with Gasteiger partial charge in [0.2, 0.25) is 0 Å². The molecule has 4 nitrogen and oxygen atoms in total. The molecule has 1 aromatic carbocycles. The van der Waals surface area contributed by atoms with Crippen LogP contribution in [0.3, 0.4) is 0 Å². The van der Waals surface area contributed by atoms with Crippen molar-refractivity contribution >= 4 is 11.4 Å². The van der Waals surface area contributed by atoms with Crippen LogP contribution >= 0.6 is 0 Å². The van der Waals surface area contributed by atoms with Crippen molar-refractivity contribution in [3.05, 3.63) is 18.2 Å². The first-order valence-electron chi connectivity index (χ1n) is 6.96. The van der Waals surface area contributed by atoms with Crippen LogP contribution in [0.1, 0.15) is 27.2 Å². The lowest BCUT2D eigenvalue weighted by Crippen LogP contribution is -2.41. The maximum Gasteiger partial charge on any atom is 0.144 e. The summed E-state index contributed by atoms with van der Waals surface area (Å²) in [5.41, 5.74) is 7.72. The summed E-state index contributed by atoms with van der Waals surface area (Å²) in [4.78, 5) is 2.28. The molecule has 1 fully saturated rings. The Bertz CT molecular complexity index is 434. The van der Waals surface area contributed by atoms with Gasteiger partial charge in [0.05, 0.1) is 17.9 Å². The summed E-state index contributed by atoms with van der Waals surface area (Å²) in [6, 6.07) is 5.91. The van der Waals surface area contributed by atoms with E-state index in [1.54, 1.807) is 0 Å². The fourth-order valence-corrected chi connectivity index (χ4v) is 2.44. The Balaban J connectivity index is 2.16. The largest absolute Gasteiger partial charge is 0.489 e. The zero-order valence-electron chi connectivity index (χ0n) is 12.0. The second-order valence-electron chi connectivity index (χ2n) is 5.67. The third-order valence-electron chi connectivity index (χ3n) is 3.58. The molecule has 3 N–H and O–H groups in total. The SMILES string of the molecule is CC(C)Oc1cc(N2CCC(O)C(C)C2)ccc1N. The molecule has 1 heterocycles. The van der Waals surface area contributed by atoms with Gasteiger partial charge in [0, 0.05) is 24.8 Å². The molecule has 0 amide bonds. The minimum atomic E-state index is -0.184. The van der Waals surface area contributed by atoms with Gasteiger partial charge in [0.1, 0.15) is 5.75 Å². The van der Waals surface area contributed by atoms with E-state index in [9.17, 15) is 5.11 Å². The van der Waals surface area contributed by atoms with Gasteiger partial charge in [-0.15, -0.1) is 0 Å². The maximum absolute atomic E-state index is 9.79. The van der Waals surface area contributed by atoms with Gasteiger partial charge in [-0.1, -0.05) is 6.92 Å². The third kappa shape index (κ3) is 3.32. The number of ether oxygens (including phenoxy) is 1. The van der Waals surface area contributed by atoms with E-state index < -0.39 is 0 Å². The van der Waals surface area contributed by atoms with Crippen LogP contribution in [0.2, 0.25) is 0 Å². The average molecular weight is 264 g/mol. The number of anilines is 2. The molecule has 0 bridgehead atoms. The summed E-state index contributed by atoms with van der Waals surface area (Å²) < 4.78 is 5.72. The first-order valence-corrected chi connectivity index (χ1v) is 6.96. The fourth-order valence-electron chi connectivity index (χ4n) is 2.44. The van der Waals surface area contributed by atoms with E-state index in [-0.39, 0.29) is 12.2 Å². The van der Waals surface area contributed by atoms with Gasteiger partial charge in [-0.3, -0.25) is 0 Å². The first-order chi connectivity index (χ1) is 8.97. The summed E-state index contributed by atoms with van der Waals surface area (Å²) in [7, 11) is 0. The van der Waals surface area contributed by atoms with Crippen LogP contribution in [-0.4, -0.2) is 30.4 Å². The van der Waals surface area contributed by atoms with Gasteiger partial charge in [0.25, 0.3) is 0 Å². The van der Waals surface area contributed by atoms with Gasteiger partial charge in [-0.05, 0) is 38.3 Å². The molecule has 1 aliphatic rings. The Morgan fingerprint density at radius 1 is 1.42 bits per heavy atom. The number of piperidine rings is 1. The highest BCUT2D eigenvalue weighted by molar-refractivity contribution is 5.62. The van der Waals surface area contributed by atoms with Gasteiger partial charge in [-0.2, -0.15) is 0 Å². The smallest absolute Gasteiger partial charge is 0.144 e. The van der Waals surface area contributed by atoms with Crippen LogP contribution in [0.5, 0.6) is 5.75 Å². The molecule has 4 heteroatoms. The Hall–Kier alpha value is -1.42. The quantitative estimate of drug-likeness (QED) is 0.822. The first kappa shape index (κ1) is 14.0. The summed E-state index contributed by atoms with van der Waals surface area (Å²) in [6.45, 7) is 7.80. The van der Waals surface area contributed by atoms with Gasteiger partial charge in [0.15, 0.2) is 0 Å². The topological polar surface area (TPSA) is 58.7 Å². The van der Waals surface area contributed by atoms with E-state index in [0.29, 0.717) is 11.6 Å². The molecule has 1 aliphatic heterocycles. The summed E-state index contributed by atoms with van der Waals surface area (Å²) >= 11 is 0. The molecule has 1 aromatic rings. The molecule has 0 aromatic heterocycles. The van der Waals surface area contributed by atoms with Crippen LogP contribution in [-0.2, 0) is 0 Å². The van der Waals surface area contributed by atoms with Crippen molar-refractivity contribution in [3.63, 3.8) is 0 Å². The molecule has 0 saturated carbocycles. The highest BCUT2D eigenvalue weighted by Crippen LogP contribution is 2.31. The van der Waals surface area contributed by atoms with E-state index in [1.165, 1.54) is 0 Å². The standard InChI is InChI=1S/C15H24N2O2/c1-10(2)19-15-8-12(4-5-13(15)16)17-7-6-14(18)11(3)9-17/h4-5,8,10-11,14,18H,6-7,9,16H2,1-3H3. The van der Waals surface area contributed by atoms with Crippen LogP contribution in [0.25, 0.3) is 0 Å². The Labute approximate surface area is 115 Å². The summed E-state index contributed by atoms with van der Waals surface area (Å²) in [5.74, 6) is 1.03. The summed E-state index contributed by atoms with van der Waals surface area (Å²) in [6.07, 6.45) is 0.738. The lowest BCUT2D eigenvalue weighted by Gasteiger charge is -2.36. The highest BCUT2D eigenvalue weighted by Gasteiger charge is 2.24. The van der Waals surface area contributed by atoms with E-state index >= 15 is 0 Å². The van der Waals surface area contributed by atoms with Crippen LogP contribution in [0, 0.1) is 5.92 Å². The van der Waals surface area contributed by atoms with Crippen molar-refractivity contribution in [2.24, 2.45) is 5.92 Å². The van der Waals surface area contributed by atoms with Crippen molar-refractivity contribution in [3.8, 4) is 5.75 Å². The number of nitrogens with zero attached hydrogens (tertiary/aromatic N) is 1. The summed E-state index contributed by atoms with van der Waals surface area (Å²) in [5, 5.41) is 9.79. The van der Waals surface area contributed by atoms with E-state index in [0.717, 1.165) is 30.9 Å². The number of rotatable bonds is 3. The molecular formula is C15H24N2O2. The van der Waals surface area contributed by atoms with Crippen LogP contribution < -0.4 is 15.4 Å². The molecule has 2 rings (SSSR count). The second kappa shape index (κ2) is 5.70. The van der Waals surface area contributed by atoms with Crippen LogP contribution in [0.15, 0.2) is 18.2 Å². The number of aliphatic hydroxyl groups excluding tert-OH is 1. The number of benzene rings is 1. The van der Waals surface area contributed by atoms with Crippen LogP contribution in [0.4, 0.5) is 11.4 Å². The normalized spacial score (nSPS) is 23.7. The molecular weight excluding hydrogens is 240 g/mol. The molecule has 0 radical (unpaired) electrons. The van der Waals surface area contributed by atoms with Crippen molar-refractivity contribution in [2.45, 2.75) is 39.4 Å². The lowest BCUT2D eigenvalue weighted by atomic mass is 9.96.